The van der Waals surface area contributed by atoms with Crippen LogP contribution in [0.5, 0.6) is 5.75 Å². The summed E-state index contributed by atoms with van der Waals surface area (Å²) in [5, 5.41) is 2.85. The molecule has 0 aliphatic rings. The maximum Gasteiger partial charge on any atom is 0.261 e. The SMILES string of the molecule is CC(Oc1ccccc1)C(=O)NCc1ccc(-c2ccoc2)nc1. The monoisotopic (exact) mass is 322 g/mol. The van der Waals surface area contributed by atoms with Gasteiger partial charge in [-0.1, -0.05) is 24.3 Å². The van der Waals surface area contributed by atoms with Crippen LogP contribution in [0.1, 0.15) is 12.5 Å². The second-order valence-electron chi connectivity index (χ2n) is 5.35. The molecule has 0 bridgehead atoms. The average molecular weight is 322 g/mol. The van der Waals surface area contributed by atoms with Gasteiger partial charge >= 0.3 is 0 Å². The lowest BCUT2D eigenvalue weighted by Gasteiger charge is -2.14. The second-order valence-corrected chi connectivity index (χ2v) is 5.35. The van der Waals surface area contributed by atoms with E-state index in [9.17, 15) is 4.79 Å². The van der Waals surface area contributed by atoms with Gasteiger partial charge in [0, 0.05) is 18.3 Å². The Morgan fingerprint density at radius 3 is 2.71 bits per heavy atom. The van der Waals surface area contributed by atoms with Gasteiger partial charge in [-0.15, -0.1) is 0 Å². The highest BCUT2D eigenvalue weighted by Gasteiger charge is 2.14. The summed E-state index contributed by atoms with van der Waals surface area (Å²) in [4.78, 5) is 16.5. The molecule has 1 atom stereocenters. The van der Waals surface area contributed by atoms with Crippen LogP contribution in [0.2, 0.25) is 0 Å². The Morgan fingerprint density at radius 1 is 1.21 bits per heavy atom. The van der Waals surface area contributed by atoms with Gasteiger partial charge in [0.05, 0.1) is 18.2 Å². The summed E-state index contributed by atoms with van der Waals surface area (Å²) in [6.45, 7) is 2.13. The molecule has 2 aromatic heterocycles. The van der Waals surface area contributed by atoms with E-state index in [1.807, 2.05) is 48.5 Å². The zero-order valence-electron chi connectivity index (χ0n) is 13.3. The first-order chi connectivity index (χ1) is 11.7. The van der Waals surface area contributed by atoms with Crippen molar-refractivity contribution in [1.82, 2.24) is 10.3 Å². The summed E-state index contributed by atoms with van der Waals surface area (Å²) < 4.78 is 10.6. The highest BCUT2D eigenvalue weighted by Crippen LogP contribution is 2.17. The van der Waals surface area contributed by atoms with E-state index in [-0.39, 0.29) is 5.91 Å². The Morgan fingerprint density at radius 2 is 2.04 bits per heavy atom. The molecule has 1 unspecified atom stereocenters. The quantitative estimate of drug-likeness (QED) is 0.755. The van der Waals surface area contributed by atoms with Gasteiger partial charge in [0.2, 0.25) is 0 Å². The van der Waals surface area contributed by atoms with Gasteiger partial charge in [-0.25, -0.2) is 0 Å². The van der Waals surface area contributed by atoms with Crippen molar-refractivity contribution in [3.63, 3.8) is 0 Å². The summed E-state index contributed by atoms with van der Waals surface area (Å²) in [7, 11) is 0. The normalized spacial score (nSPS) is 11.7. The molecule has 3 rings (SSSR count). The van der Waals surface area contributed by atoms with Crippen LogP contribution in [0.4, 0.5) is 0 Å². The Kier molecular flexibility index (Phi) is 4.91. The molecule has 0 aliphatic carbocycles. The van der Waals surface area contributed by atoms with Crippen molar-refractivity contribution >= 4 is 5.91 Å². The van der Waals surface area contributed by atoms with Crippen molar-refractivity contribution in [2.75, 3.05) is 0 Å². The third-order valence-electron chi connectivity index (χ3n) is 3.53. The first-order valence-corrected chi connectivity index (χ1v) is 7.69. The highest BCUT2D eigenvalue weighted by molar-refractivity contribution is 5.80. The molecule has 2 heterocycles. The van der Waals surface area contributed by atoms with Crippen LogP contribution in [-0.4, -0.2) is 17.0 Å². The third kappa shape index (κ3) is 4.01. The van der Waals surface area contributed by atoms with E-state index < -0.39 is 6.10 Å². The molecular weight excluding hydrogens is 304 g/mol. The standard InChI is InChI=1S/C19H18N2O3/c1-14(24-17-5-3-2-4-6-17)19(22)21-12-15-7-8-18(20-11-15)16-9-10-23-13-16/h2-11,13-14H,12H2,1H3,(H,21,22). The zero-order chi connectivity index (χ0) is 16.8. The maximum absolute atomic E-state index is 12.1. The number of pyridine rings is 1. The number of amides is 1. The Labute approximate surface area is 140 Å². The Balaban J connectivity index is 1.52. The lowest BCUT2D eigenvalue weighted by molar-refractivity contribution is -0.127. The van der Waals surface area contributed by atoms with E-state index in [1.165, 1.54) is 0 Å². The predicted octanol–water partition coefficient (Wildman–Crippen LogP) is 3.43. The summed E-state index contributed by atoms with van der Waals surface area (Å²) >= 11 is 0. The molecule has 0 saturated heterocycles. The van der Waals surface area contributed by atoms with Crippen LogP contribution in [0.25, 0.3) is 11.3 Å². The topological polar surface area (TPSA) is 64.4 Å². The number of benzene rings is 1. The minimum atomic E-state index is -0.564. The van der Waals surface area contributed by atoms with Crippen LogP contribution in [0.15, 0.2) is 71.7 Å². The van der Waals surface area contributed by atoms with Crippen LogP contribution >= 0.6 is 0 Å². The fourth-order valence-corrected chi connectivity index (χ4v) is 2.20. The van der Waals surface area contributed by atoms with Crippen LogP contribution < -0.4 is 10.1 Å². The molecule has 0 aliphatic heterocycles. The van der Waals surface area contributed by atoms with Gasteiger partial charge in [0.25, 0.3) is 5.91 Å². The Bertz CT molecular complexity index is 768. The van der Waals surface area contributed by atoms with E-state index in [2.05, 4.69) is 10.3 Å². The number of hydrogen-bond acceptors (Lipinski definition) is 4. The molecule has 5 heteroatoms. The molecule has 0 radical (unpaired) electrons. The van der Waals surface area contributed by atoms with Crippen molar-refractivity contribution in [1.29, 1.82) is 0 Å². The largest absolute Gasteiger partial charge is 0.481 e. The van der Waals surface area contributed by atoms with E-state index in [0.29, 0.717) is 12.3 Å². The zero-order valence-corrected chi connectivity index (χ0v) is 13.3. The van der Waals surface area contributed by atoms with Crippen molar-refractivity contribution in [3.8, 4) is 17.0 Å². The summed E-state index contributed by atoms with van der Waals surface area (Å²) in [5.41, 5.74) is 2.68. The van der Waals surface area contributed by atoms with E-state index >= 15 is 0 Å². The van der Waals surface area contributed by atoms with E-state index in [0.717, 1.165) is 16.8 Å². The lowest BCUT2D eigenvalue weighted by atomic mass is 10.2. The minimum absolute atomic E-state index is 0.169. The van der Waals surface area contributed by atoms with Crippen LogP contribution in [0, 0.1) is 0 Å². The van der Waals surface area contributed by atoms with Gasteiger partial charge in [-0.2, -0.15) is 0 Å². The van der Waals surface area contributed by atoms with Crippen molar-refractivity contribution in [3.05, 3.63) is 72.8 Å². The number of para-hydroxylation sites is 1. The Hall–Kier alpha value is -3.08. The molecule has 0 fully saturated rings. The first kappa shape index (κ1) is 15.8. The van der Waals surface area contributed by atoms with Gasteiger partial charge in [-0.3, -0.25) is 9.78 Å². The number of ether oxygens (including phenoxy) is 1. The maximum atomic E-state index is 12.1. The smallest absolute Gasteiger partial charge is 0.261 e. The molecule has 0 saturated carbocycles. The number of furan rings is 1. The molecule has 0 spiro atoms. The third-order valence-corrected chi connectivity index (χ3v) is 3.53. The van der Waals surface area contributed by atoms with Crippen LogP contribution in [-0.2, 0) is 11.3 Å². The van der Waals surface area contributed by atoms with Crippen molar-refractivity contribution in [2.24, 2.45) is 0 Å². The number of hydrogen-bond donors (Lipinski definition) is 1. The predicted molar refractivity (Wildman–Crippen MR) is 90.3 cm³/mol. The molecule has 5 nitrogen and oxygen atoms in total. The summed E-state index contributed by atoms with van der Waals surface area (Å²) in [5.74, 6) is 0.504. The molecule has 1 amide bonds. The molecule has 3 aromatic rings. The molecule has 1 N–H and O–H groups in total. The average Bonchev–Trinajstić information content (AvgIpc) is 3.15. The fraction of sp³-hybridized carbons (Fsp3) is 0.158. The molecule has 122 valence electrons. The minimum Gasteiger partial charge on any atom is -0.481 e. The fourth-order valence-electron chi connectivity index (χ4n) is 2.20. The second kappa shape index (κ2) is 7.46. The number of carbonyl (C=O) groups is 1. The first-order valence-electron chi connectivity index (χ1n) is 7.69. The summed E-state index contributed by atoms with van der Waals surface area (Å²) in [6, 6.07) is 15.0. The van der Waals surface area contributed by atoms with E-state index in [1.54, 1.807) is 25.6 Å². The summed E-state index contributed by atoms with van der Waals surface area (Å²) in [6.07, 6.45) is 4.43. The number of aromatic nitrogens is 1. The number of carbonyl (C=O) groups excluding carboxylic acids is 1. The lowest BCUT2D eigenvalue weighted by Crippen LogP contribution is -2.35. The van der Waals surface area contributed by atoms with Gasteiger partial charge in [-0.05, 0) is 36.8 Å². The van der Waals surface area contributed by atoms with Gasteiger partial charge in [0.15, 0.2) is 6.10 Å². The van der Waals surface area contributed by atoms with Crippen molar-refractivity contribution < 1.29 is 13.9 Å². The van der Waals surface area contributed by atoms with Crippen molar-refractivity contribution in [2.45, 2.75) is 19.6 Å². The number of rotatable bonds is 6. The molecule has 1 aromatic carbocycles. The number of nitrogens with one attached hydrogen (secondary N) is 1. The molecular formula is C19H18N2O3. The molecule has 24 heavy (non-hydrogen) atoms. The highest BCUT2D eigenvalue weighted by atomic mass is 16.5. The van der Waals surface area contributed by atoms with E-state index in [4.69, 9.17) is 9.15 Å². The number of nitrogens with zero attached hydrogens (tertiary/aromatic N) is 1. The van der Waals surface area contributed by atoms with Gasteiger partial charge < -0.3 is 14.5 Å². The van der Waals surface area contributed by atoms with Crippen LogP contribution in [0.3, 0.4) is 0 Å². The van der Waals surface area contributed by atoms with Gasteiger partial charge in [0.1, 0.15) is 5.75 Å².